The Morgan fingerprint density at radius 2 is 1.95 bits per heavy atom. The number of aliphatic hydroxyl groups excluding tert-OH is 3. The van der Waals surface area contributed by atoms with Gasteiger partial charge in [0.25, 0.3) is 0 Å². The van der Waals surface area contributed by atoms with Gasteiger partial charge in [0.1, 0.15) is 18.3 Å². The number of aliphatic hydroxyl groups is 3. The molecule has 2 unspecified atom stereocenters. The van der Waals surface area contributed by atoms with Crippen molar-refractivity contribution in [3.63, 3.8) is 0 Å². The zero-order valence-corrected chi connectivity index (χ0v) is 14.3. The summed E-state index contributed by atoms with van der Waals surface area (Å²) in [6, 6.07) is 10.1. The second-order valence-electron chi connectivity index (χ2n) is 5.19. The molecule has 2 rings (SSSR count). The molecule has 0 radical (unpaired) electrons. The van der Waals surface area contributed by atoms with Crippen LogP contribution in [0.4, 0.5) is 0 Å². The summed E-state index contributed by atoms with van der Waals surface area (Å²) in [5.41, 5.74) is 1.72. The minimum Gasteiger partial charge on any atom is -0.394 e. The molecule has 1 fully saturated rings. The second kappa shape index (κ2) is 8.95. The first kappa shape index (κ1) is 17.8. The second-order valence-corrected chi connectivity index (χ2v) is 5.82. The van der Waals surface area contributed by atoms with Crippen molar-refractivity contribution in [1.82, 2.24) is 0 Å². The molecule has 1 aliphatic rings. The maximum atomic E-state index is 10.0. The van der Waals surface area contributed by atoms with Gasteiger partial charge in [-0.2, -0.15) is 0 Å². The third-order valence-electron chi connectivity index (χ3n) is 3.64. The molecule has 1 aromatic rings. The highest BCUT2D eigenvalue weighted by Gasteiger charge is 2.40. The molecule has 3 N–H and O–H groups in total. The van der Waals surface area contributed by atoms with E-state index in [9.17, 15) is 15.3 Å². The van der Waals surface area contributed by atoms with E-state index >= 15 is 0 Å². The Kier molecular flexibility index (Phi) is 7.26. The SMILES string of the molecule is OCC1O[C@H](OCCCc2ccccc2)/C(=C\I)C(O)[C@H]1O. The Morgan fingerprint density at radius 3 is 2.59 bits per heavy atom. The van der Waals surface area contributed by atoms with Gasteiger partial charge in [-0.1, -0.05) is 52.9 Å². The molecule has 0 aromatic heterocycles. The average molecular weight is 420 g/mol. The Bertz CT molecular complexity index is 479. The van der Waals surface area contributed by atoms with Crippen LogP contribution in [-0.4, -0.2) is 53.1 Å². The minimum absolute atomic E-state index is 0.364. The lowest BCUT2D eigenvalue weighted by molar-refractivity contribution is -0.225. The van der Waals surface area contributed by atoms with Crippen LogP contribution in [0.25, 0.3) is 0 Å². The van der Waals surface area contributed by atoms with Crippen molar-refractivity contribution < 1.29 is 24.8 Å². The summed E-state index contributed by atoms with van der Waals surface area (Å²) in [7, 11) is 0. The van der Waals surface area contributed by atoms with Gasteiger partial charge < -0.3 is 24.8 Å². The summed E-state index contributed by atoms with van der Waals surface area (Å²) in [4.78, 5) is 0. The van der Waals surface area contributed by atoms with Gasteiger partial charge in [-0.3, -0.25) is 0 Å². The summed E-state index contributed by atoms with van der Waals surface area (Å²) in [5, 5.41) is 29.1. The largest absolute Gasteiger partial charge is 0.394 e. The van der Waals surface area contributed by atoms with Crippen LogP contribution < -0.4 is 0 Å². The van der Waals surface area contributed by atoms with Gasteiger partial charge in [0.05, 0.1) is 13.2 Å². The maximum absolute atomic E-state index is 10.0. The molecular formula is C16H21IO5. The Hall–Kier alpha value is -0.510. The molecule has 0 aliphatic carbocycles. The van der Waals surface area contributed by atoms with E-state index in [1.165, 1.54) is 5.56 Å². The van der Waals surface area contributed by atoms with Gasteiger partial charge in [0, 0.05) is 5.57 Å². The fourth-order valence-electron chi connectivity index (χ4n) is 2.37. The van der Waals surface area contributed by atoms with Gasteiger partial charge in [0.15, 0.2) is 6.29 Å². The van der Waals surface area contributed by atoms with E-state index in [1.807, 2.05) is 40.8 Å². The molecule has 1 heterocycles. The van der Waals surface area contributed by atoms with Crippen LogP contribution in [-0.2, 0) is 15.9 Å². The molecule has 0 saturated carbocycles. The molecule has 122 valence electrons. The summed E-state index contributed by atoms with van der Waals surface area (Å²) < 4.78 is 12.9. The van der Waals surface area contributed by atoms with Crippen LogP contribution in [0.3, 0.4) is 0 Å². The van der Waals surface area contributed by atoms with E-state index < -0.39 is 24.6 Å². The summed E-state index contributed by atoms with van der Waals surface area (Å²) >= 11 is 1.98. The molecule has 5 nitrogen and oxygen atoms in total. The van der Waals surface area contributed by atoms with E-state index in [2.05, 4.69) is 12.1 Å². The molecule has 22 heavy (non-hydrogen) atoms. The molecule has 1 saturated heterocycles. The molecule has 6 heteroatoms. The Morgan fingerprint density at radius 1 is 1.23 bits per heavy atom. The standard InChI is InChI=1S/C16H21IO5/c17-9-12-14(19)15(20)13(10-18)22-16(12)21-8-4-7-11-5-2-1-3-6-11/h1-3,5-6,9,13-16,18-20H,4,7-8,10H2/b12-9-/t13?,14?,15-,16-/m0/s1. The molecular weight excluding hydrogens is 399 g/mol. The van der Waals surface area contributed by atoms with E-state index in [0.717, 1.165) is 12.8 Å². The normalized spacial score (nSPS) is 30.6. The topological polar surface area (TPSA) is 79.2 Å². The van der Waals surface area contributed by atoms with Crippen LogP contribution in [0, 0.1) is 0 Å². The first-order chi connectivity index (χ1) is 10.7. The van der Waals surface area contributed by atoms with Gasteiger partial charge in [-0.05, 0) is 22.5 Å². The number of halogens is 1. The first-order valence-corrected chi connectivity index (χ1v) is 8.50. The zero-order valence-electron chi connectivity index (χ0n) is 12.1. The quantitative estimate of drug-likeness (QED) is 0.479. The minimum atomic E-state index is -1.14. The molecule has 1 aromatic carbocycles. The lowest BCUT2D eigenvalue weighted by Crippen LogP contribution is -2.52. The third-order valence-corrected chi connectivity index (χ3v) is 4.36. The van der Waals surface area contributed by atoms with Gasteiger partial charge in [0.2, 0.25) is 0 Å². The average Bonchev–Trinajstić information content (AvgIpc) is 2.55. The number of benzene rings is 1. The van der Waals surface area contributed by atoms with Crippen LogP contribution >= 0.6 is 22.6 Å². The summed E-state index contributed by atoms with van der Waals surface area (Å²) in [6.07, 6.45) is -2.08. The van der Waals surface area contributed by atoms with E-state index in [-0.39, 0.29) is 6.61 Å². The fourth-order valence-corrected chi connectivity index (χ4v) is 3.03. The number of ether oxygens (including phenoxy) is 2. The fraction of sp³-hybridized carbons (Fsp3) is 0.500. The van der Waals surface area contributed by atoms with Crippen LogP contribution in [0.1, 0.15) is 12.0 Å². The molecule has 0 amide bonds. The van der Waals surface area contributed by atoms with Crippen molar-refractivity contribution >= 4 is 22.6 Å². The van der Waals surface area contributed by atoms with Crippen molar-refractivity contribution in [2.45, 2.75) is 37.4 Å². The number of hydrogen-bond donors (Lipinski definition) is 3. The highest BCUT2D eigenvalue weighted by molar-refractivity contribution is 14.1. The summed E-state index contributed by atoms with van der Waals surface area (Å²) in [6.45, 7) is 0.102. The molecule has 0 bridgehead atoms. The van der Waals surface area contributed by atoms with Crippen LogP contribution in [0.5, 0.6) is 0 Å². The van der Waals surface area contributed by atoms with E-state index in [0.29, 0.717) is 12.2 Å². The summed E-state index contributed by atoms with van der Waals surface area (Å²) in [5.74, 6) is 0. The maximum Gasteiger partial charge on any atom is 0.183 e. The van der Waals surface area contributed by atoms with E-state index in [4.69, 9.17) is 9.47 Å². The lowest BCUT2D eigenvalue weighted by atomic mass is 9.98. The smallest absolute Gasteiger partial charge is 0.183 e. The van der Waals surface area contributed by atoms with Crippen molar-refractivity contribution in [2.75, 3.05) is 13.2 Å². The van der Waals surface area contributed by atoms with Crippen molar-refractivity contribution in [2.24, 2.45) is 0 Å². The number of aryl methyl sites for hydroxylation is 1. The van der Waals surface area contributed by atoms with Gasteiger partial charge in [-0.15, -0.1) is 0 Å². The molecule has 4 atom stereocenters. The zero-order chi connectivity index (χ0) is 15.9. The predicted molar refractivity (Wildman–Crippen MR) is 90.6 cm³/mol. The van der Waals surface area contributed by atoms with E-state index in [1.54, 1.807) is 4.08 Å². The third kappa shape index (κ3) is 4.50. The molecule has 0 spiro atoms. The van der Waals surface area contributed by atoms with Crippen molar-refractivity contribution in [3.8, 4) is 0 Å². The van der Waals surface area contributed by atoms with Crippen molar-refractivity contribution in [1.29, 1.82) is 0 Å². The highest BCUT2D eigenvalue weighted by atomic mass is 127. The predicted octanol–water partition coefficient (Wildman–Crippen LogP) is 1.39. The van der Waals surface area contributed by atoms with Gasteiger partial charge >= 0.3 is 0 Å². The lowest BCUT2D eigenvalue weighted by Gasteiger charge is -2.38. The van der Waals surface area contributed by atoms with Gasteiger partial charge in [-0.25, -0.2) is 0 Å². The molecule has 1 aliphatic heterocycles. The highest BCUT2D eigenvalue weighted by Crippen LogP contribution is 2.27. The first-order valence-electron chi connectivity index (χ1n) is 7.25. The van der Waals surface area contributed by atoms with Crippen LogP contribution in [0.15, 0.2) is 40.0 Å². The van der Waals surface area contributed by atoms with Crippen molar-refractivity contribution in [3.05, 3.63) is 45.6 Å². The monoisotopic (exact) mass is 420 g/mol. The number of rotatable bonds is 6. The number of hydrogen-bond acceptors (Lipinski definition) is 5. The Labute approximate surface area is 143 Å². The Balaban J connectivity index is 1.85. The van der Waals surface area contributed by atoms with Crippen LogP contribution in [0.2, 0.25) is 0 Å².